The van der Waals surface area contributed by atoms with Gasteiger partial charge in [-0.15, -0.1) is 0 Å². The third kappa shape index (κ3) is 2.61. The fourth-order valence-electron chi connectivity index (χ4n) is 3.43. The Bertz CT molecular complexity index is 396. The summed E-state index contributed by atoms with van der Waals surface area (Å²) in [5.41, 5.74) is 9.20. The van der Waals surface area contributed by atoms with Gasteiger partial charge in [0.15, 0.2) is 0 Å². The van der Waals surface area contributed by atoms with Crippen molar-refractivity contribution in [2.75, 3.05) is 0 Å². The van der Waals surface area contributed by atoms with Gasteiger partial charge in [-0.3, -0.25) is 4.68 Å². The Morgan fingerprint density at radius 2 is 2.22 bits per heavy atom. The summed E-state index contributed by atoms with van der Waals surface area (Å²) < 4.78 is 2.02. The molecule has 0 aromatic carbocycles. The lowest BCUT2D eigenvalue weighted by molar-refractivity contribution is 0.179. The lowest BCUT2D eigenvalue weighted by Crippen LogP contribution is -2.51. The van der Waals surface area contributed by atoms with E-state index in [1.165, 1.54) is 37.1 Å². The summed E-state index contributed by atoms with van der Waals surface area (Å²) in [7, 11) is 2.04. The van der Waals surface area contributed by atoms with Crippen molar-refractivity contribution in [3.05, 3.63) is 17.5 Å². The highest BCUT2D eigenvalue weighted by Gasteiger charge is 2.36. The molecule has 1 aromatic rings. The molecule has 1 saturated carbocycles. The molecule has 3 nitrogen and oxygen atoms in total. The van der Waals surface area contributed by atoms with Crippen LogP contribution < -0.4 is 5.73 Å². The molecule has 18 heavy (non-hydrogen) atoms. The van der Waals surface area contributed by atoms with E-state index in [-0.39, 0.29) is 5.54 Å². The zero-order valence-corrected chi connectivity index (χ0v) is 12.1. The van der Waals surface area contributed by atoms with Crippen molar-refractivity contribution in [1.82, 2.24) is 9.78 Å². The van der Waals surface area contributed by atoms with Crippen LogP contribution in [0.3, 0.4) is 0 Å². The topological polar surface area (TPSA) is 43.8 Å². The maximum absolute atomic E-state index is 6.72. The highest BCUT2D eigenvalue weighted by Crippen LogP contribution is 2.36. The van der Waals surface area contributed by atoms with Crippen LogP contribution in [0.2, 0.25) is 0 Å². The minimum Gasteiger partial charge on any atom is -0.324 e. The van der Waals surface area contributed by atoms with Crippen LogP contribution in [0, 0.1) is 5.92 Å². The van der Waals surface area contributed by atoms with Crippen LogP contribution >= 0.6 is 0 Å². The third-order valence-corrected chi connectivity index (χ3v) is 4.65. The predicted octanol–water partition coefficient (Wildman–Crippen LogP) is 2.82. The zero-order chi connectivity index (χ0) is 13.2. The van der Waals surface area contributed by atoms with Gasteiger partial charge >= 0.3 is 0 Å². The maximum atomic E-state index is 6.72. The summed E-state index contributed by atoms with van der Waals surface area (Å²) in [6, 6.07) is 2.23. The van der Waals surface area contributed by atoms with Gasteiger partial charge in [0.1, 0.15) is 0 Å². The van der Waals surface area contributed by atoms with Gasteiger partial charge in [-0.1, -0.05) is 33.1 Å². The van der Waals surface area contributed by atoms with E-state index >= 15 is 0 Å². The SMILES string of the molecule is CCc1cc(CC2(N)CCCCC2CC)n(C)n1. The number of aromatic nitrogens is 2. The molecule has 102 valence electrons. The first kappa shape index (κ1) is 13.6. The first-order valence-electron chi connectivity index (χ1n) is 7.39. The molecule has 2 atom stereocenters. The molecule has 0 bridgehead atoms. The molecule has 1 heterocycles. The molecule has 0 radical (unpaired) electrons. The first-order chi connectivity index (χ1) is 8.59. The van der Waals surface area contributed by atoms with Gasteiger partial charge in [-0.25, -0.2) is 0 Å². The molecule has 1 aromatic heterocycles. The average molecular weight is 249 g/mol. The van der Waals surface area contributed by atoms with Gasteiger partial charge in [0.05, 0.1) is 5.69 Å². The molecule has 2 rings (SSSR count). The van der Waals surface area contributed by atoms with Crippen LogP contribution in [0.25, 0.3) is 0 Å². The van der Waals surface area contributed by atoms with E-state index in [9.17, 15) is 0 Å². The second kappa shape index (κ2) is 5.43. The lowest BCUT2D eigenvalue weighted by atomic mass is 9.70. The van der Waals surface area contributed by atoms with Gasteiger partial charge in [0, 0.05) is 24.7 Å². The maximum Gasteiger partial charge on any atom is 0.0624 e. The molecule has 2 N–H and O–H groups in total. The van der Waals surface area contributed by atoms with Crippen LogP contribution in [0.5, 0.6) is 0 Å². The molecule has 0 aliphatic heterocycles. The van der Waals surface area contributed by atoms with E-state index in [1.54, 1.807) is 0 Å². The predicted molar refractivity (Wildman–Crippen MR) is 75.5 cm³/mol. The normalized spacial score (nSPS) is 28.6. The molecule has 2 unspecified atom stereocenters. The van der Waals surface area contributed by atoms with Crippen molar-refractivity contribution < 1.29 is 0 Å². The summed E-state index contributed by atoms with van der Waals surface area (Å²) in [6.45, 7) is 4.43. The Morgan fingerprint density at radius 1 is 1.44 bits per heavy atom. The standard InChI is InChI=1S/C15H27N3/c1-4-12-8-6-7-9-15(12,16)11-14-10-13(5-2)17-18(14)3/h10,12H,4-9,11,16H2,1-3H3. The van der Waals surface area contributed by atoms with E-state index in [0.29, 0.717) is 5.92 Å². The highest BCUT2D eigenvalue weighted by molar-refractivity contribution is 5.14. The fraction of sp³-hybridized carbons (Fsp3) is 0.800. The third-order valence-electron chi connectivity index (χ3n) is 4.65. The summed E-state index contributed by atoms with van der Waals surface area (Å²) in [5, 5.41) is 4.54. The Balaban J connectivity index is 2.17. The summed E-state index contributed by atoms with van der Waals surface area (Å²) in [4.78, 5) is 0. The second-order valence-corrected chi connectivity index (χ2v) is 5.87. The molecule has 1 aliphatic rings. The van der Waals surface area contributed by atoms with Crippen LogP contribution in [0.1, 0.15) is 57.3 Å². The van der Waals surface area contributed by atoms with E-state index in [2.05, 4.69) is 25.0 Å². The molecule has 1 fully saturated rings. The number of nitrogens with zero attached hydrogens (tertiary/aromatic N) is 2. The molecule has 0 amide bonds. The van der Waals surface area contributed by atoms with Crippen molar-refractivity contribution >= 4 is 0 Å². The van der Waals surface area contributed by atoms with E-state index in [1.807, 2.05) is 11.7 Å². The van der Waals surface area contributed by atoms with Crippen molar-refractivity contribution in [1.29, 1.82) is 0 Å². The largest absolute Gasteiger partial charge is 0.324 e. The Labute approximate surface area is 111 Å². The number of nitrogens with two attached hydrogens (primary N) is 1. The van der Waals surface area contributed by atoms with Crippen LogP contribution in [-0.2, 0) is 19.9 Å². The quantitative estimate of drug-likeness (QED) is 0.891. The van der Waals surface area contributed by atoms with Crippen LogP contribution in [0.15, 0.2) is 6.07 Å². The first-order valence-corrected chi connectivity index (χ1v) is 7.39. The number of hydrogen-bond donors (Lipinski definition) is 1. The summed E-state index contributed by atoms with van der Waals surface area (Å²) in [5.74, 6) is 0.672. The summed E-state index contributed by atoms with van der Waals surface area (Å²) >= 11 is 0. The molecule has 1 aliphatic carbocycles. The molecular formula is C15H27N3. The highest BCUT2D eigenvalue weighted by atomic mass is 15.3. The van der Waals surface area contributed by atoms with Gasteiger partial charge in [0.25, 0.3) is 0 Å². The van der Waals surface area contributed by atoms with Gasteiger partial charge in [0.2, 0.25) is 0 Å². The van der Waals surface area contributed by atoms with Crippen LogP contribution in [-0.4, -0.2) is 15.3 Å². The minimum atomic E-state index is -0.00813. The summed E-state index contributed by atoms with van der Waals surface area (Å²) in [6.07, 6.45) is 8.28. The second-order valence-electron chi connectivity index (χ2n) is 5.87. The van der Waals surface area contributed by atoms with Crippen LogP contribution in [0.4, 0.5) is 0 Å². The number of rotatable bonds is 4. The van der Waals surface area contributed by atoms with Gasteiger partial charge in [-0.05, 0) is 31.2 Å². The lowest BCUT2D eigenvalue weighted by Gasteiger charge is -2.41. The van der Waals surface area contributed by atoms with Crippen molar-refractivity contribution in [2.24, 2.45) is 18.7 Å². The zero-order valence-electron chi connectivity index (χ0n) is 12.1. The Morgan fingerprint density at radius 3 is 2.83 bits per heavy atom. The fourth-order valence-corrected chi connectivity index (χ4v) is 3.43. The smallest absolute Gasteiger partial charge is 0.0624 e. The van der Waals surface area contributed by atoms with E-state index < -0.39 is 0 Å². The van der Waals surface area contributed by atoms with Gasteiger partial charge in [-0.2, -0.15) is 5.10 Å². The Hall–Kier alpha value is -0.830. The molecule has 0 saturated heterocycles. The molecular weight excluding hydrogens is 222 g/mol. The monoisotopic (exact) mass is 249 g/mol. The van der Waals surface area contributed by atoms with Crippen molar-refractivity contribution in [3.8, 4) is 0 Å². The van der Waals surface area contributed by atoms with Crippen molar-refractivity contribution in [3.63, 3.8) is 0 Å². The molecule has 3 heteroatoms. The number of hydrogen-bond acceptors (Lipinski definition) is 2. The van der Waals surface area contributed by atoms with E-state index in [0.717, 1.165) is 19.3 Å². The average Bonchev–Trinajstić information content (AvgIpc) is 2.70. The minimum absolute atomic E-state index is 0.00813. The Kier molecular flexibility index (Phi) is 4.10. The number of aryl methyl sites for hydroxylation is 2. The van der Waals surface area contributed by atoms with Crippen molar-refractivity contribution in [2.45, 2.75) is 64.3 Å². The van der Waals surface area contributed by atoms with E-state index in [4.69, 9.17) is 5.73 Å². The molecule has 0 spiro atoms. The van der Waals surface area contributed by atoms with Gasteiger partial charge < -0.3 is 5.73 Å².